The summed E-state index contributed by atoms with van der Waals surface area (Å²) in [7, 11) is 0. The first-order valence-corrected chi connectivity index (χ1v) is 9.44. The second kappa shape index (κ2) is 5.86. The highest BCUT2D eigenvalue weighted by atomic mass is 14.7. The van der Waals surface area contributed by atoms with Crippen LogP contribution in [0.5, 0.6) is 0 Å². The molecule has 0 atom stereocenters. The number of hydrogen-bond donors (Lipinski definition) is 0. The van der Waals surface area contributed by atoms with E-state index in [1.165, 1.54) is 21.5 Å². The summed E-state index contributed by atoms with van der Waals surface area (Å²) in [5.74, 6) is 0. The van der Waals surface area contributed by atoms with Gasteiger partial charge in [-0.15, -0.1) is 0 Å². The van der Waals surface area contributed by atoms with Crippen molar-refractivity contribution in [3.8, 4) is 11.3 Å². The van der Waals surface area contributed by atoms with Gasteiger partial charge in [0.1, 0.15) is 0 Å². The summed E-state index contributed by atoms with van der Waals surface area (Å²) in [5.41, 5.74) is 4.19. The number of nitrogens with zero attached hydrogens (tertiary/aromatic N) is 2. The average molecular weight is 356 g/mol. The highest BCUT2D eigenvalue weighted by Crippen LogP contribution is 2.38. The lowest BCUT2D eigenvalue weighted by Gasteiger charge is -2.14. The van der Waals surface area contributed by atoms with Gasteiger partial charge in [0.2, 0.25) is 0 Å². The number of benzene rings is 4. The Labute approximate surface area is 162 Å². The Hall–Kier alpha value is -3.78. The van der Waals surface area contributed by atoms with Crippen LogP contribution in [-0.4, -0.2) is 9.97 Å². The van der Waals surface area contributed by atoms with E-state index in [1.807, 2.05) is 18.3 Å². The first-order valence-electron chi connectivity index (χ1n) is 9.44. The largest absolute Gasteiger partial charge is 0.256 e. The maximum Gasteiger partial charge on any atom is 0.0795 e. The maximum absolute atomic E-state index is 5.19. The maximum atomic E-state index is 5.19. The van der Waals surface area contributed by atoms with Crippen molar-refractivity contribution in [2.45, 2.75) is 0 Å². The van der Waals surface area contributed by atoms with Crippen LogP contribution in [-0.2, 0) is 0 Å². The van der Waals surface area contributed by atoms with E-state index in [9.17, 15) is 0 Å². The second-order valence-electron chi connectivity index (χ2n) is 7.07. The molecule has 0 N–H and O–H groups in total. The molecule has 6 rings (SSSR count). The lowest BCUT2D eigenvalue weighted by atomic mass is 9.94. The predicted octanol–water partition coefficient (Wildman–Crippen LogP) is 6.76. The van der Waals surface area contributed by atoms with Crippen LogP contribution in [0.1, 0.15) is 0 Å². The minimum Gasteiger partial charge on any atom is -0.256 e. The Morgan fingerprint density at radius 1 is 0.464 bits per heavy atom. The van der Waals surface area contributed by atoms with Crippen LogP contribution in [0.15, 0.2) is 97.2 Å². The van der Waals surface area contributed by atoms with Crippen LogP contribution >= 0.6 is 0 Å². The predicted molar refractivity (Wildman–Crippen MR) is 117 cm³/mol. The zero-order valence-electron chi connectivity index (χ0n) is 15.1. The summed E-state index contributed by atoms with van der Waals surface area (Å²) in [6.45, 7) is 0. The quantitative estimate of drug-likeness (QED) is 0.240. The van der Waals surface area contributed by atoms with Gasteiger partial charge in [-0.3, -0.25) is 4.98 Å². The molecule has 0 unspecified atom stereocenters. The third kappa shape index (κ3) is 2.15. The first-order chi connectivity index (χ1) is 13.9. The van der Waals surface area contributed by atoms with E-state index in [4.69, 9.17) is 4.98 Å². The molecule has 2 nitrogen and oxygen atoms in total. The molecular weight excluding hydrogens is 340 g/mol. The molecule has 4 aromatic carbocycles. The molecule has 0 spiro atoms. The van der Waals surface area contributed by atoms with E-state index >= 15 is 0 Å². The van der Waals surface area contributed by atoms with E-state index < -0.39 is 0 Å². The Kier molecular flexibility index (Phi) is 3.20. The fraction of sp³-hybridized carbons (Fsp3) is 0. The van der Waals surface area contributed by atoms with Gasteiger partial charge >= 0.3 is 0 Å². The van der Waals surface area contributed by atoms with E-state index in [1.54, 1.807) is 0 Å². The molecule has 0 saturated heterocycles. The number of rotatable bonds is 1. The van der Waals surface area contributed by atoms with Crippen molar-refractivity contribution in [2.24, 2.45) is 0 Å². The van der Waals surface area contributed by atoms with Gasteiger partial charge in [-0.2, -0.15) is 0 Å². The van der Waals surface area contributed by atoms with E-state index in [-0.39, 0.29) is 0 Å². The van der Waals surface area contributed by atoms with E-state index in [0.717, 1.165) is 33.1 Å². The second-order valence-corrected chi connectivity index (χ2v) is 7.07. The standard InChI is InChI=1S/C26H16N2/c1-3-9-19-17(7-1)12-14-21-24(23-11-5-6-16-27-23)22-15-13-18-8-2-4-10-20(18)26(22)28-25(19)21/h1-16H. The van der Waals surface area contributed by atoms with Crippen molar-refractivity contribution in [3.05, 3.63) is 97.2 Å². The van der Waals surface area contributed by atoms with Gasteiger partial charge in [-0.25, -0.2) is 4.98 Å². The topological polar surface area (TPSA) is 25.8 Å². The van der Waals surface area contributed by atoms with Gasteiger partial charge in [-0.05, 0) is 22.9 Å². The van der Waals surface area contributed by atoms with Gasteiger partial charge in [0, 0.05) is 33.3 Å². The molecule has 0 amide bonds. The van der Waals surface area contributed by atoms with Crippen molar-refractivity contribution in [3.63, 3.8) is 0 Å². The Balaban J connectivity index is 1.92. The molecule has 6 aromatic rings. The molecule has 2 heterocycles. The normalized spacial score (nSPS) is 11.6. The minimum absolute atomic E-state index is 0.977. The van der Waals surface area contributed by atoms with Crippen LogP contribution in [0.4, 0.5) is 0 Å². The van der Waals surface area contributed by atoms with Gasteiger partial charge < -0.3 is 0 Å². The molecular formula is C26H16N2. The number of pyridine rings is 2. The van der Waals surface area contributed by atoms with E-state index in [2.05, 4.69) is 83.8 Å². The molecule has 0 aliphatic carbocycles. The Morgan fingerprint density at radius 2 is 1.04 bits per heavy atom. The fourth-order valence-corrected chi connectivity index (χ4v) is 4.20. The van der Waals surface area contributed by atoms with Crippen LogP contribution in [0.2, 0.25) is 0 Å². The van der Waals surface area contributed by atoms with Crippen LogP contribution in [0, 0.1) is 0 Å². The van der Waals surface area contributed by atoms with Crippen LogP contribution in [0.3, 0.4) is 0 Å². The molecule has 2 aromatic heterocycles. The van der Waals surface area contributed by atoms with Crippen LogP contribution in [0.25, 0.3) is 54.6 Å². The molecule has 0 aliphatic rings. The Morgan fingerprint density at radius 3 is 1.61 bits per heavy atom. The molecule has 0 saturated carbocycles. The number of fused-ring (bicyclic) bond motifs is 6. The summed E-state index contributed by atoms with van der Waals surface area (Å²) in [5, 5.41) is 7.03. The highest BCUT2D eigenvalue weighted by Gasteiger charge is 2.15. The highest BCUT2D eigenvalue weighted by molar-refractivity contribution is 6.20. The summed E-state index contributed by atoms with van der Waals surface area (Å²) in [4.78, 5) is 9.87. The third-order valence-electron chi connectivity index (χ3n) is 5.48. The van der Waals surface area contributed by atoms with Gasteiger partial charge in [-0.1, -0.05) is 78.9 Å². The zero-order valence-corrected chi connectivity index (χ0v) is 15.1. The van der Waals surface area contributed by atoms with Crippen LogP contribution < -0.4 is 0 Å². The molecule has 28 heavy (non-hydrogen) atoms. The van der Waals surface area contributed by atoms with Crippen molar-refractivity contribution in [1.82, 2.24) is 9.97 Å². The fourth-order valence-electron chi connectivity index (χ4n) is 4.20. The lowest BCUT2D eigenvalue weighted by Crippen LogP contribution is -1.93. The molecule has 0 radical (unpaired) electrons. The van der Waals surface area contributed by atoms with Gasteiger partial charge in [0.15, 0.2) is 0 Å². The summed E-state index contributed by atoms with van der Waals surface area (Å²) in [6, 6.07) is 31.7. The summed E-state index contributed by atoms with van der Waals surface area (Å²) in [6.07, 6.45) is 1.86. The van der Waals surface area contributed by atoms with Gasteiger partial charge in [0.25, 0.3) is 0 Å². The smallest absolute Gasteiger partial charge is 0.0795 e. The Bertz CT molecular complexity index is 1410. The monoisotopic (exact) mass is 356 g/mol. The van der Waals surface area contributed by atoms with Crippen molar-refractivity contribution < 1.29 is 0 Å². The average Bonchev–Trinajstić information content (AvgIpc) is 2.78. The lowest BCUT2D eigenvalue weighted by molar-refractivity contribution is 1.34. The van der Waals surface area contributed by atoms with Crippen molar-refractivity contribution >= 4 is 43.4 Å². The molecule has 130 valence electrons. The van der Waals surface area contributed by atoms with Crippen molar-refractivity contribution in [2.75, 3.05) is 0 Å². The molecule has 0 bridgehead atoms. The summed E-state index contributed by atoms with van der Waals surface area (Å²) >= 11 is 0. The van der Waals surface area contributed by atoms with Crippen molar-refractivity contribution in [1.29, 1.82) is 0 Å². The van der Waals surface area contributed by atoms with Gasteiger partial charge in [0.05, 0.1) is 16.7 Å². The first kappa shape index (κ1) is 15.3. The molecule has 0 aliphatic heterocycles. The summed E-state index contributed by atoms with van der Waals surface area (Å²) < 4.78 is 0. The minimum atomic E-state index is 0.977. The number of hydrogen-bond acceptors (Lipinski definition) is 2. The van der Waals surface area contributed by atoms with E-state index in [0.29, 0.717) is 0 Å². The SMILES string of the molecule is c1ccc(-c2c3ccc4ccccc4c3nc3c2ccc2ccccc23)nc1. The molecule has 0 fully saturated rings. The zero-order chi connectivity index (χ0) is 18.5. The molecule has 2 heteroatoms. The number of aromatic nitrogens is 2. The third-order valence-corrected chi connectivity index (χ3v) is 5.48.